The van der Waals surface area contributed by atoms with E-state index < -0.39 is 47.8 Å². The van der Waals surface area contributed by atoms with Crippen LogP contribution < -0.4 is 11.4 Å². The molecule has 1 amide bonds. The zero-order valence-corrected chi connectivity index (χ0v) is 21.1. The number of hydrogen-bond donors (Lipinski definition) is 2. The molecule has 1 aliphatic carbocycles. The molecule has 4 aromatic rings. The summed E-state index contributed by atoms with van der Waals surface area (Å²) in [4.78, 5) is 39.4. The molecule has 1 aromatic carbocycles. The van der Waals surface area contributed by atoms with Crippen LogP contribution in [-0.4, -0.2) is 36.7 Å². The highest BCUT2D eigenvalue weighted by Gasteiger charge is 2.42. The van der Waals surface area contributed by atoms with Crippen molar-refractivity contribution in [2.24, 2.45) is 5.73 Å². The first-order valence-corrected chi connectivity index (χ1v) is 13.1. The lowest BCUT2D eigenvalue weighted by Crippen LogP contribution is -2.53. The summed E-state index contributed by atoms with van der Waals surface area (Å²) in [5, 5.41) is 0. The third-order valence-corrected chi connectivity index (χ3v) is 7.75. The third kappa shape index (κ3) is 4.56. The number of H-pyrrole nitrogens is 1. The van der Waals surface area contributed by atoms with E-state index in [1.54, 1.807) is 24.5 Å². The molecule has 2 aliphatic rings. The molecule has 1 saturated heterocycles. The highest BCUT2D eigenvalue weighted by molar-refractivity contribution is 5.71. The Bertz CT molecular complexity index is 1590. The predicted molar refractivity (Wildman–Crippen MR) is 139 cm³/mol. The average molecular weight is 535 g/mol. The average Bonchev–Trinajstić information content (AvgIpc) is 3.13. The molecule has 3 aromatic heterocycles. The summed E-state index contributed by atoms with van der Waals surface area (Å²) < 4.78 is 37.1. The van der Waals surface area contributed by atoms with Gasteiger partial charge in [-0.1, -0.05) is 18.2 Å². The second kappa shape index (κ2) is 10.2. The molecular weight excluding hydrogens is 506 g/mol. The number of imidazole rings is 1. The van der Waals surface area contributed by atoms with E-state index in [-0.39, 0.29) is 18.4 Å². The molecule has 202 valence electrons. The number of carbonyl (C=O) groups is 1. The van der Waals surface area contributed by atoms with Gasteiger partial charge in [0.2, 0.25) is 0 Å². The number of benzene rings is 1. The number of carbonyl (C=O) groups excluding carboxylic acids is 1. The number of nitrogens with two attached hydrogens (primary N) is 1. The Morgan fingerprint density at radius 3 is 2.74 bits per heavy atom. The Labute approximate surface area is 222 Å². The molecule has 11 heteroatoms. The second-order valence-corrected chi connectivity index (χ2v) is 10.1. The summed E-state index contributed by atoms with van der Waals surface area (Å²) in [5.41, 5.74) is 8.85. The summed E-state index contributed by atoms with van der Waals surface area (Å²) in [6.07, 6.45) is 4.53. The van der Waals surface area contributed by atoms with Gasteiger partial charge in [0.15, 0.2) is 17.3 Å². The number of pyridine rings is 2. The van der Waals surface area contributed by atoms with E-state index in [0.717, 1.165) is 30.9 Å². The lowest BCUT2D eigenvalue weighted by atomic mass is 9.89. The van der Waals surface area contributed by atoms with Gasteiger partial charge in [0.1, 0.15) is 6.10 Å². The van der Waals surface area contributed by atoms with Gasteiger partial charge in [0.05, 0.1) is 23.4 Å². The van der Waals surface area contributed by atoms with E-state index >= 15 is 4.39 Å². The molecule has 0 bridgehead atoms. The van der Waals surface area contributed by atoms with Crippen molar-refractivity contribution in [3.05, 3.63) is 93.8 Å². The molecule has 1 aliphatic heterocycles. The summed E-state index contributed by atoms with van der Waals surface area (Å²) in [6.45, 7) is 0. The molecule has 4 atom stereocenters. The number of hydrogen-bond acceptors (Lipinski definition) is 6. The summed E-state index contributed by atoms with van der Waals surface area (Å²) in [6, 6.07) is 9.64. The van der Waals surface area contributed by atoms with Crippen LogP contribution in [0.1, 0.15) is 67.1 Å². The molecule has 2 unspecified atom stereocenters. The minimum absolute atomic E-state index is 0.0301. The zero-order chi connectivity index (χ0) is 27.1. The van der Waals surface area contributed by atoms with Crippen LogP contribution in [0.2, 0.25) is 0 Å². The molecule has 0 saturated carbocycles. The van der Waals surface area contributed by atoms with Crippen LogP contribution >= 0.6 is 0 Å². The van der Waals surface area contributed by atoms with Crippen LogP contribution in [-0.2, 0) is 11.2 Å². The van der Waals surface area contributed by atoms with E-state index in [4.69, 9.17) is 10.5 Å². The second-order valence-electron chi connectivity index (χ2n) is 10.1. The number of ether oxygens (including phenoxy) is 1. The van der Waals surface area contributed by atoms with Crippen molar-refractivity contribution < 1.29 is 18.3 Å². The van der Waals surface area contributed by atoms with Crippen molar-refractivity contribution in [2.75, 3.05) is 0 Å². The third-order valence-electron chi connectivity index (χ3n) is 7.75. The Morgan fingerprint density at radius 2 is 1.87 bits per heavy atom. The predicted octanol–water partition coefficient (Wildman–Crippen LogP) is 4.67. The van der Waals surface area contributed by atoms with E-state index in [1.807, 2.05) is 12.1 Å². The summed E-state index contributed by atoms with van der Waals surface area (Å²) in [7, 11) is 0. The summed E-state index contributed by atoms with van der Waals surface area (Å²) in [5.74, 6) is -2.10. The highest BCUT2D eigenvalue weighted by Crippen LogP contribution is 2.41. The van der Waals surface area contributed by atoms with Crippen molar-refractivity contribution >= 4 is 17.3 Å². The number of halogens is 2. The molecule has 0 radical (unpaired) electrons. The number of fused-ring (bicyclic) bond motifs is 2. The highest BCUT2D eigenvalue weighted by atomic mass is 19.2. The minimum atomic E-state index is -1.07. The molecule has 1 fully saturated rings. The van der Waals surface area contributed by atoms with Crippen molar-refractivity contribution in [1.82, 2.24) is 24.4 Å². The van der Waals surface area contributed by atoms with Crippen molar-refractivity contribution in [2.45, 2.75) is 62.9 Å². The first kappa shape index (κ1) is 25.2. The van der Waals surface area contributed by atoms with E-state index in [9.17, 15) is 14.0 Å². The number of aromatic nitrogens is 4. The molecule has 39 heavy (non-hydrogen) atoms. The molecule has 0 spiro atoms. The lowest BCUT2D eigenvalue weighted by Gasteiger charge is -2.43. The van der Waals surface area contributed by atoms with E-state index in [0.29, 0.717) is 23.3 Å². The maximum absolute atomic E-state index is 15.2. The molecular formula is C28H28F2N6O3. The van der Waals surface area contributed by atoms with Gasteiger partial charge in [0.25, 0.3) is 0 Å². The van der Waals surface area contributed by atoms with Gasteiger partial charge >= 0.3 is 11.8 Å². The fourth-order valence-corrected chi connectivity index (χ4v) is 5.97. The van der Waals surface area contributed by atoms with Crippen molar-refractivity contribution in [3.63, 3.8) is 0 Å². The van der Waals surface area contributed by atoms with Crippen LogP contribution in [0, 0.1) is 11.6 Å². The molecule has 4 heterocycles. The molecule has 9 nitrogen and oxygen atoms in total. The van der Waals surface area contributed by atoms with Gasteiger partial charge in [0, 0.05) is 30.4 Å². The van der Waals surface area contributed by atoms with Gasteiger partial charge in [-0.25, -0.2) is 23.4 Å². The van der Waals surface area contributed by atoms with Crippen LogP contribution in [0.3, 0.4) is 0 Å². The van der Waals surface area contributed by atoms with Crippen molar-refractivity contribution in [3.8, 4) is 0 Å². The number of aryl methyl sites for hydroxylation is 1. The van der Waals surface area contributed by atoms with Crippen LogP contribution in [0.25, 0.3) is 11.2 Å². The minimum Gasteiger partial charge on any atom is -0.440 e. The lowest BCUT2D eigenvalue weighted by molar-refractivity contribution is 0.00704. The SMILES string of the molecule is NC1CC(n2c(=O)[nH]c3ncccc32)C[C@H](c2cccc(F)c2F)N1C(=O)O[C@@H]1CCCCc2cccnc21. The molecule has 6 rings (SSSR count). The quantitative estimate of drug-likeness (QED) is 0.369. The van der Waals surface area contributed by atoms with Crippen LogP contribution in [0.15, 0.2) is 59.7 Å². The standard InChI is InChI=1S/C28H28F2N6O3/c29-19-9-3-8-18(24(19)30)21-14-17(35-20-10-5-13-33-26(20)34-27(35)37)15-23(31)36(21)28(38)39-22-11-2-1-6-16-7-4-12-32-25(16)22/h3-5,7-10,12-13,17,21-23H,1-2,6,11,14-15,31H2,(H,33,34,37)/t17?,21-,22-,23?/m1/s1. The Balaban J connectivity index is 1.37. The smallest absolute Gasteiger partial charge is 0.412 e. The molecule has 3 N–H and O–H groups in total. The van der Waals surface area contributed by atoms with Gasteiger partial charge < -0.3 is 10.5 Å². The Morgan fingerprint density at radius 1 is 1.05 bits per heavy atom. The number of rotatable bonds is 3. The largest absolute Gasteiger partial charge is 0.440 e. The van der Waals surface area contributed by atoms with E-state index in [1.165, 1.54) is 21.6 Å². The topological polar surface area (TPSA) is 119 Å². The number of nitrogens with zero attached hydrogens (tertiary/aromatic N) is 4. The number of amides is 1. The first-order chi connectivity index (χ1) is 18.9. The number of nitrogens with one attached hydrogen (secondary N) is 1. The maximum atomic E-state index is 15.2. The van der Waals surface area contributed by atoms with Crippen molar-refractivity contribution in [1.29, 1.82) is 0 Å². The van der Waals surface area contributed by atoms with Gasteiger partial charge in [-0.15, -0.1) is 0 Å². The first-order valence-electron chi connectivity index (χ1n) is 13.1. The Kier molecular flexibility index (Phi) is 6.59. The van der Waals surface area contributed by atoms with Gasteiger partial charge in [-0.3, -0.25) is 19.4 Å². The Hall–Kier alpha value is -4.12. The summed E-state index contributed by atoms with van der Waals surface area (Å²) >= 11 is 0. The number of aromatic amines is 1. The van der Waals surface area contributed by atoms with Gasteiger partial charge in [-0.05, 0) is 61.9 Å². The number of likely N-dealkylation sites (tertiary alicyclic amines) is 1. The maximum Gasteiger partial charge on any atom is 0.412 e. The van der Waals surface area contributed by atoms with Gasteiger partial charge in [-0.2, -0.15) is 0 Å². The van der Waals surface area contributed by atoms with E-state index in [2.05, 4.69) is 15.0 Å². The zero-order valence-electron chi connectivity index (χ0n) is 21.1. The number of piperidine rings is 1. The fraction of sp³-hybridized carbons (Fsp3) is 0.357. The van der Waals surface area contributed by atoms with Crippen LogP contribution in [0.4, 0.5) is 13.6 Å². The monoisotopic (exact) mass is 534 g/mol. The fourth-order valence-electron chi connectivity index (χ4n) is 5.97. The van der Waals surface area contributed by atoms with Crippen LogP contribution in [0.5, 0.6) is 0 Å². The normalized spacial score (nSPS) is 23.3.